The standard InChI is InChI=1S/C30H30N2O7/c1-4-14-36-25-13-10-19(15-27(25)35-5-2)29-21-12-11-20(16-26(21)39-30(32)22(29)17-31)38-28(33)18-37-24-9-7-6-8-23(24)34-3/h6-13,15-16,29H,4-5,14,18,32H2,1-3H3. The molecule has 0 radical (unpaired) electrons. The fraction of sp³-hybridized carbons (Fsp3) is 0.267. The van der Waals surface area contributed by atoms with Gasteiger partial charge in [0.2, 0.25) is 5.88 Å². The molecule has 39 heavy (non-hydrogen) atoms. The average Bonchev–Trinajstić information content (AvgIpc) is 2.95. The molecule has 0 fully saturated rings. The third kappa shape index (κ3) is 6.18. The number of para-hydroxylation sites is 2. The van der Waals surface area contributed by atoms with E-state index in [1.54, 1.807) is 42.5 Å². The Morgan fingerprint density at radius 3 is 2.46 bits per heavy atom. The number of esters is 1. The van der Waals surface area contributed by atoms with Gasteiger partial charge in [-0.25, -0.2) is 4.79 Å². The monoisotopic (exact) mass is 530 g/mol. The van der Waals surface area contributed by atoms with Crippen molar-refractivity contribution in [3.63, 3.8) is 0 Å². The zero-order valence-corrected chi connectivity index (χ0v) is 22.1. The van der Waals surface area contributed by atoms with Gasteiger partial charge in [0.05, 0.1) is 26.2 Å². The van der Waals surface area contributed by atoms with Crippen LogP contribution in [0.2, 0.25) is 0 Å². The highest BCUT2D eigenvalue weighted by atomic mass is 16.6. The van der Waals surface area contributed by atoms with E-state index in [1.165, 1.54) is 7.11 Å². The summed E-state index contributed by atoms with van der Waals surface area (Å²) in [5, 5.41) is 9.91. The van der Waals surface area contributed by atoms with Gasteiger partial charge in [0, 0.05) is 11.6 Å². The minimum Gasteiger partial charge on any atom is -0.493 e. The number of methoxy groups -OCH3 is 1. The molecule has 0 amide bonds. The topological polar surface area (TPSA) is 122 Å². The molecule has 0 aliphatic carbocycles. The van der Waals surface area contributed by atoms with Crippen LogP contribution >= 0.6 is 0 Å². The first kappa shape index (κ1) is 27.2. The summed E-state index contributed by atoms with van der Waals surface area (Å²) in [5.74, 6) is 1.59. The molecular weight excluding hydrogens is 500 g/mol. The van der Waals surface area contributed by atoms with E-state index in [9.17, 15) is 10.1 Å². The predicted octanol–water partition coefficient (Wildman–Crippen LogP) is 5.09. The molecule has 1 aliphatic heterocycles. The van der Waals surface area contributed by atoms with Gasteiger partial charge in [-0.15, -0.1) is 0 Å². The van der Waals surface area contributed by atoms with Gasteiger partial charge in [-0.05, 0) is 49.2 Å². The molecule has 0 bridgehead atoms. The molecule has 1 heterocycles. The zero-order valence-electron chi connectivity index (χ0n) is 22.1. The van der Waals surface area contributed by atoms with Crippen LogP contribution in [0.1, 0.15) is 37.3 Å². The van der Waals surface area contributed by atoms with Gasteiger partial charge in [0.25, 0.3) is 0 Å². The number of allylic oxidation sites excluding steroid dienone is 1. The number of benzene rings is 3. The summed E-state index contributed by atoms with van der Waals surface area (Å²) in [6, 6.07) is 19.7. The maximum atomic E-state index is 12.5. The summed E-state index contributed by atoms with van der Waals surface area (Å²) in [7, 11) is 1.52. The van der Waals surface area contributed by atoms with Gasteiger partial charge in [-0.3, -0.25) is 0 Å². The molecule has 202 valence electrons. The summed E-state index contributed by atoms with van der Waals surface area (Å²) >= 11 is 0. The maximum absolute atomic E-state index is 12.5. The van der Waals surface area contributed by atoms with E-state index < -0.39 is 11.9 Å². The van der Waals surface area contributed by atoms with Crippen LogP contribution < -0.4 is 34.2 Å². The van der Waals surface area contributed by atoms with Crippen molar-refractivity contribution in [2.45, 2.75) is 26.2 Å². The van der Waals surface area contributed by atoms with Crippen molar-refractivity contribution in [3.8, 4) is 40.6 Å². The van der Waals surface area contributed by atoms with Crippen molar-refractivity contribution in [2.24, 2.45) is 5.73 Å². The van der Waals surface area contributed by atoms with Gasteiger partial charge in [-0.1, -0.05) is 31.2 Å². The normalized spacial score (nSPS) is 13.9. The van der Waals surface area contributed by atoms with Gasteiger partial charge < -0.3 is 34.2 Å². The predicted molar refractivity (Wildman–Crippen MR) is 143 cm³/mol. The minimum atomic E-state index is -0.613. The van der Waals surface area contributed by atoms with Gasteiger partial charge in [0.15, 0.2) is 29.6 Å². The number of fused-ring (bicyclic) bond motifs is 1. The lowest BCUT2D eigenvalue weighted by Crippen LogP contribution is -2.22. The Hall–Kier alpha value is -4.84. The Morgan fingerprint density at radius 1 is 0.974 bits per heavy atom. The summed E-state index contributed by atoms with van der Waals surface area (Å²) in [5.41, 5.74) is 7.89. The molecule has 3 aromatic rings. The Labute approximate surface area is 227 Å². The first-order valence-corrected chi connectivity index (χ1v) is 12.6. The van der Waals surface area contributed by atoms with E-state index in [-0.39, 0.29) is 23.8 Å². The number of nitrogens with two attached hydrogens (primary N) is 1. The molecule has 4 rings (SSSR count). The maximum Gasteiger partial charge on any atom is 0.349 e. The number of hydrogen-bond donors (Lipinski definition) is 1. The van der Waals surface area contributed by atoms with Crippen molar-refractivity contribution >= 4 is 5.97 Å². The minimum absolute atomic E-state index is 0.0257. The van der Waals surface area contributed by atoms with Crippen LogP contribution in [0.25, 0.3) is 0 Å². The van der Waals surface area contributed by atoms with E-state index in [1.807, 2.05) is 32.0 Å². The van der Waals surface area contributed by atoms with Gasteiger partial charge in [-0.2, -0.15) is 5.26 Å². The number of carbonyl (C=O) groups is 1. The lowest BCUT2D eigenvalue weighted by Gasteiger charge is -2.27. The third-order valence-electron chi connectivity index (χ3n) is 5.90. The van der Waals surface area contributed by atoms with E-state index >= 15 is 0 Å². The quantitative estimate of drug-likeness (QED) is 0.267. The molecule has 3 aromatic carbocycles. The molecule has 1 unspecified atom stereocenters. The number of ether oxygens (including phenoxy) is 6. The van der Waals surface area contributed by atoms with Crippen molar-refractivity contribution in [3.05, 3.63) is 83.2 Å². The molecule has 1 atom stereocenters. The molecule has 9 nitrogen and oxygen atoms in total. The Bertz CT molecular complexity index is 1410. The molecule has 0 saturated carbocycles. The van der Waals surface area contributed by atoms with Crippen molar-refractivity contribution in [2.75, 3.05) is 26.9 Å². The second-order valence-electron chi connectivity index (χ2n) is 8.53. The second-order valence-corrected chi connectivity index (χ2v) is 8.53. The summed E-state index contributed by atoms with van der Waals surface area (Å²) in [4.78, 5) is 12.5. The fourth-order valence-electron chi connectivity index (χ4n) is 4.18. The molecule has 2 N–H and O–H groups in total. The number of hydrogen-bond acceptors (Lipinski definition) is 9. The van der Waals surface area contributed by atoms with Crippen LogP contribution in [-0.4, -0.2) is 32.9 Å². The third-order valence-corrected chi connectivity index (χ3v) is 5.90. The number of nitriles is 1. The van der Waals surface area contributed by atoms with E-state index in [0.717, 1.165) is 12.0 Å². The molecule has 0 spiro atoms. The lowest BCUT2D eigenvalue weighted by molar-refractivity contribution is -0.136. The van der Waals surface area contributed by atoms with E-state index in [4.69, 9.17) is 34.2 Å². The van der Waals surface area contributed by atoms with Crippen molar-refractivity contribution in [1.82, 2.24) is 0 Å². The van der Waals surface area contributed by atoms with Crippen LogP contribution in [-0.2, 0) is 4.79 Å². The van der Waals surface area contributed by atoms with Gasteiger partial charge >= 0.3 is 5.97 Å². The summed E-state index contributed by atoms with van der Waals surface area (Å²) < 4.78 is 33.6. The van der Waals surface area contributed by atoms with E-state index in [0.29, 0.717) is 47.5 Å². The average molecular weight is 531 g/mol. The highest BCUT2D eigenvalue weighted by molar-refractivity contribution is 5.74. The van der Waals surface area contributed by atoms with Gasteiger partial charge in [0.1, 0.15) is 23.1 Å². The molecular formula is C30H30N2O7. The Balaban J connectivity index is 1.58. The molecule has 0 aromatic heterocycles. The zero-order chi connectivity index (χ0) is 27.8. The van der Waals surface area contributed by atoms with Crippen LogP contribution in [0.3, 0.4) is 0 Å². The molecule has 0 saturated heterocycles. The largest absolute Gasteiger partial charge is 0.493 e. The first-order valence-electron chi connectivity index (χ1n) is 12.6. The summed E-state index contributed by atoms with van der Waals surface area (Å²) in [6.07, 6.45) is 0.859. The van der Waals surface area contributed by atoms with Crippen molar-refractivity contribution < 1.29 is 33.2 Å². The highest BCUT2D eigenvalue weighted by Gasteiger charge is 2.32. The van der Waals surface area contributed by atoms with E-state index in [2.05, 4.69) is 6.07 Å². The lowest BCUT2D eigenvalue weighted by atomic mass is 9.83. The van der Waals surface area contributed by atoms with Crippen molar-refractivity contribution in [1.29, 1.82) is 5.26 Å². The Morgan fingerprint density at radius 2 is 1.74 bits per heavy atom. The molecule has 9 heteroatoms. The fourth-order valence-corrected chi connectivity index (χ4v) is 4.18. The number of rotatable bonds is 11. The number of carbonyl (C=O) groups excluding carboxylic acids is 1. The van der Waals surface area contributed by atoms with Crippen LogP contribution in [0.15, 0.2) is 72.1 Å². The Kier molecular flexibility index (Phi) is 8.79. The summed E-state index contributed by atoms with van der Waals surface area (Å²) in [6.45, 7) is 4.60. The second kappa shape index (κ2) is 12.6. The van der Waals surface area contributed by atoms with Crippen LogP contribution in [0.5, 0.6) is 34.5 Å². The van der Waals surface area contributed by atoms with Crippen LogP contribution in [0, 0.1) is 11.3 Å². The first-order chi connectivity index (χ1) is 19.0. The number of nitrogens with zero attached hydrogens (tertiary/aromatic N) is 1. The molecule has 1 aliphatic rings. The smallest absolute Gasteiger partial charge is 0.349 e. The highest BCUT2D eigenvalue weighted by Crippen LogP contribution is 2.45. The SMILES string of the molecule is CCCOc1ccc(C2C(C#N)=C(N)Oc3cc(OC(=O)COc4ccccc4OC)ccc32)cc1OCC. The van der Waals surface area contributed by atoms with Crippen LogP contribution in [0.4, 0.5) is 0 Å².